The van der Waals surface area contributed by atoms with E-state index in [4.69, 9.17) is 10.5 Å². The van der Waals surface area contributed by atoms with E-state index in [2.05, 4.69) is 6.92 Å². The van der Waals surface area contributed by atoms with Crippen LogP contribution in [-0.4, -0.2) is 18.1 Å². The summed E-state index contributed by atoms with van der Waals surface area (Å²) in [6.45, 7) is 6.56. The second-order valence-electron chi connectivity index (χ2n) is 4.77. The van der Waals surface area contributed by atoms with Crippen LogP contribution in [0.15, 0.2) is 0 Å². The lowest BCUT2D eigenvalue weighted by atomic mass is 10.0. The minimum Gasteiger partial charge on any atom is -0.466 e. The maximum atomic E-state index is 11.2. The van der Waals surface area contributed by atoms with Crippen molar-refractivity contribution < 1.29 is 9.53 Å². The Bertz CT molecular complexity index is 173. The van der Waals surface area contributed by atoms with Crippen molar-refractivity contribution in [2.75, 3.05) is 6.61 Å². The summed E-state index contributed by atoms with van der Waals surface area (Å²) in [5.74, 6) is -0.120. The van der Waals surface area contributed by atoms with Gasteiger partial charge in [-0.05, 0) is 26.7 Å². The molecule has 0 saturated heterocycles. The molecule has 0 aliphatic rings. The minimum absolute atomic E-state index is 0.120. The predicted octanol–water partition coefficient (Wildman–Crippen LogP) is 2.63. The number of rotatable bonds is 8. The molecule has 0 aromatic carbocycles. The molecule has 15 heavy (non-hydrogen) atoms. The Morgan fingerprint density at radius 3 is 2.47 bits per heavy atom. The molecule has 0 aliphatic heterocycles. The first kappa shape index (κ1) is 14.4. The first-order valence-electron chi connectivity index (χ1n) is 5.90. The molecule has 0 heterocycles. The SMILES string of the molecule is CCCCCCOC(=O)CCC(C)(C)N. The van der Waals surface area contributed by atoms with Gasteiger partial charge < -0.3 is 10.5 Å². The van der Waals surface area contributed by atoms with Crippen LogP contribution in [0.5, 0.6) is 0 Å². The van der Waals surface area contributed by atoms with Crippen molar-refractivity contribution in [1.82, 2.24) is 0 Å². The van der Waals surface area contributed by atoms with Crippen LogP contribution in [0.4, 0.5) is 0 Å². The normalized spacial score (nSPS) is 11.5. The standard InChI is InChI=1S/C12H25NO2/c1-4-5-6-7-10-15-11(14)8-9-12(2,3)13/h4-10,13H2,1-3H3. The van der Waals surface area contributed by atoms with Gasteiger partial charge in [-0.1, -0.05) is 26.2 Å². The van der Waals surface area contributed by atoms with Crippen molar-refractivity contribution in [3.05, 3.63) is 0 Å². The van der Waals surface area contributed by atoms with E-state index in [9.17, 15) is 4.79 Å². The van der Waals surface area contributed by atoms with Crippen LogP contribution in [0, 0.1) is 0 Å². The molecule has 0 spiro atoms. The molecular weight excluding hydrogens is 190 g/mol. The minimum atomic E-state index is -0.277. The van der Waals surface area contributed by atoms with Crippen molar-refractivity contribution in [3.8, 4) is 0 Å². The molecule has 0 atom stereocenters. The van der Waals surface area contributed by atoms with Crippen LogP contribution in [0.2, 0.25) is 0 Å². The summed E-state index contributed by atoms with van der Waals surface area (Å²) >= 11 is 0. The van der Waals surface area contributed by atoms with E-state index >= 15 is 0 Å². The molecular formula is C12H25NO2. The fourth-order valence-electron chi connectivity index (χ4n) is 1.21. The largest absolute Gasteiger partial charge is 0.466 e. The Balaban J connectivity index is 3.34. The third-order valence-electron chi connectivity index (χ3n) is 2.23. The van der Waals surface area contributed by atoms with Crippen molar-refractivity contribution in [3.63, 3.8) is 0 Å². The maximum Gasteiger partial charge on any atom is 0.305 e. The number of nitrogens with two attached hydrogens (primary N) is 1. The van der Waals surface area contributed by atoms with Gasteiger partial charge in [-0.2, -0.15) is 0 Å². The number of unbranched alkanes of at least 4 members (excludes halogenated alkanes) is 3. The Morgan fingerprint density at radius 1 is 1.27 bits per heavy atom. The van der Waals surface area contributed by atoms with E-state index in [1.807, 2.05) is 13.8 Å². The molecule has 90 valence electrons. The molecule has 0 unspecified atom stereocenters. The fourth-order valence-corrected chi connectivity index (χ4v) is 1.21. The van der Waals surface area contributed by atoms with Crippen molar-refractivity contribution in [2.45, 2.75) is 64.8 Å². The molecule has 0 amide bonds. The number of ether oxygens (including phenoxy) is 1. The zero-order valence-corrected chi connectivity index (χ0v) is 10.3. The van der Waals surface area contributed by atoms with Gasteiger partial charge in [0.1, 0.15) is 0 Å². The van der Waals surface area contributed by atoms with Gasteiger partial charge in [-0.15, -0.1) is 0 Å². The van der Waals surface area contributed by atoms with Gasteiger partial charge in [-0.3, -0.25) is 4.79 Å². The average Bonchev–Trinajstić information content (AvgIpc) is 2.13. The highest BCUT2D eigenvalue weighted by Gasteiger charge is 2.13. The Labute approximate surface area is 93.4 Å². The summed E-state index contributed by atoms with van der Waals surface area (Å²) in [5, 5.41) is 0. The second kappa shape index (κ2) is 7.69. The summed E-state index contributed by atoms with van der Waals surface area (Å²) < 4.78 is 5.09. The van der Waals surface area contributed by atoms with Crippen LogP contribution < -0.4 is 5.73 Å². The fraction of sp³-hybridized carbons (Fsp3) is 0.917. The molecule has 0 aromatic rings. The zero-order chi connectivity index (χ0) is 11.7. The third-order valence-corrected chi connectivity index (χ3v) is 2.23. The highest BCUT2D eigenvalue weighted by molar-refractivity contribution is 5.69. The van der Waals surface area contributed by atoms with E-state index < -0.39 is 0 Å². The highest BCUT2D eigenvalue weighted by Crippen LogP contribution is 2.08. The summed E-state index contributed by atoms with van der Waals surface area (Å²) in [5.41, 5.74) is 5.49. The lowest BCUT2D eigenvalue weighted by Crippen LogP contribution is -2.32. The molecule has 0 fully saturated rings. The second-order valence-corrected chi connectivity index (χ2v) is 4.77. The molecule has 0 radical (unpaired) electrons. The van der Waals surface area contributed by atoms with Crippen LogP contribution in [0.3, 0.4) is 0 Å². The topological polar surface area (TPSA) is 52.3 Å². The highest BCUT2D eigenvalue weighted by atomic mass is 16.5. The first-order valence-corrected chi connectivity index (χ1v) is 5.90. The van der Waals surface area contributed by atoms with E-state index in [1.165, 1.54) is 12.8 Å². The van der Waals surface area contributed by atoms with Crippen molar-refractivity contribution in [1.29, 1.82) is 0 Å². The Hall–Kier alpha value is -0.570. The lowest BCUT2D eigenvalue weighted by molar-refractivity contribution is -0.144. The van der Waals surface area contributed by atoms with Gasteiger partial charge in [0.05, 0.1) is 6.61 Å². The lowest BCUT2D eigenvalue weighted by Gasteiger charge is -2.17. The molecule has 0 aliphatic carbocycles. The quantitative estimate of drug-likeness (QED) is 0.500. The van der Waals surface area contributed by atoms with Gasteiger partial charge in [0.2, 0.25) is 0 Å². The van der Waals surface area contributed by atoms with Crippen molar-refractivity contribution in [2.24, 2.45) is 5.73 Å². The van der Waals surface area contributed by atoms with Crippen LogP contribution in [0.1, 0.15) is 59.3 Å². The first-order chi connectivity index (χ1) is 6.95. The van der Waals surface area contributed by atoms with E-state index in [1.54, 1.807) is 0 Å². The average molecular weight is 215 g/mol. The van der Waals surface area contributed by atoms with E-state index in [-0.39, 0.29) is 11.5 Å². The number of carbonyl (C=O) groups excluding carboxylic acids is 1. The Morgan fingerprint density at radius 2 is 1.93 bits per heavy atom. The monoisotopic (exact) mass is 215 g/mol. The summed E-state index contributed by atoms with van der Waals surface area (Å²) in [6.07, 6.45) is 5.65. The van der Waals surface area contributed by atoms with Crippen LogP contribution >= 0.6 is 0 Å². The molecule has 0 bridgehead atoms. The Kier molecular flexibility index (Phi) is 7.39. The van der Waals surface area contributed by atoms with Gasteiger partial charge in [-0.25, -0.2) is 0 Å². The molecule has 3 nitrogen and oxygen atoms in total. The molecule has 0 saturated carbocycles. The van der Waals surface area contributed by atoms with Gasteiger partial charge in [0, 0.05) is 12.0 Å². The number of carbonyl (C=O) groups is 1. The van der Waals surface area contributed by atoms with Crippen molar-refractivity contribution >= 4 is 5.97 Å². The van der Waals surface area contributed by atoms with Crippen LogP contribution in [0.25, 0.3) is 0 Å². The summed E-state index contributed by atoms with van der Waals surface area (Å²) in [7, 11) is 0. The summed E-state index contributed by atoms with van der Waals surface area (Å²) in [6, 6.07) is 0. The van der Waals surface area contributed by atoms with Gasteiger partial charge >= 0.3 is 5.97 Å². The van der Waals surface area contributed by atoms with Crippen LogP contribution in [-0.2, 0) is 9.53 Å². The van der Waals surface area contributed by atoms with E-state index in [0.717, 1.165) is 12.8 Å². The van der Waals surface area contributed by atoms with E-state index in [0.29, 0.717) is 19.4 Å². The zero-order valence-electron chi connectivity index (χ0n) is 10.3. The smallest absolute Gasteiger partial charge is 0.305 e. The van der Waals surface area contributed by atoms with Gasteiger partial charge in [0.25, 0.3) is 0 Å². The number of hydrogen-bond acceptors (Lipinski definition) is 3. The molecule has 2 N–H and O–H groups in total. The maximum absolute atomic E-state index is 11.2. The molecule has 0 rings (SSSR count). The number of hydrogen-bond donors (Lipinski definition) is 1. The molecule has 0 aromatic heterocycles. The summed E-state index contributed by atoms with van der Waals surface area (Å²) in [4.78, 5) is 11.2. The van der Waals surface area contributed by atoms with Gasteiger partial charge in [0.15, 0.2) is 0 Å². The predicted molar refractivity (Wildman–Crippen MR) is 62.6 cm³/mol. The third kappa shape index (κ3) is 11.4. The number of esters is 1. The molecule has 3 heteroatoms.